The number of aromatic nitrogens is 2. The van der Waals surface area contributed by atoms with Crippen LogP contribution in [-0.2, 0) is 6.54 Å². The highest BCUT2D eigenvalue weighted by Crippen LogP contribution is 2.21. The van der Waals surface area contributed by atoms with Crippen molar-refractivity contribution in [2.45, 2.75) is 19.1 Å². The van der Waals surface area contributed by atoms with E-state index in [1.165, 1.54) is 11.3 Å². The van der Waals surface area contributed by atoms with Crippen molar-refractivity contribution in [1.82, 2.24) is 15.0 Å². The predicted octanol–water partition coefficient (Wildman–Crippen LogP) is 2.54. The Labute approximate surface area is 123 Å². The third-order valence-corrected chi connectivity index (χ3v) is 3.32. The van der Waals surface area contributed by atoms with Gasteiger partial charge in [0.1, 0.15) is 0 Å². The van der Waals surface area contributed by atoms with Gasteiger partial charge in [0, 0.05) is 18.5 Å². The standard InChI is InChI=1S/C12H14F3N3O2S/c13-12(14,15)8-18(3-1-4-19)6-10-16-11(20-17-10)9-2-5-21-7-9/h2,5,7,19H,1,3-4,6,8H2. The molecule has 0 fully saturated rings. The molecule has 1 N–H and O–H groups in total. The fourth-order valence-electron chi connectivity index (χ4n) is 1.78. The van der Waals surface area contributed by atoms with Crippen LogP contribution in [0.25, 0.3) is 11.5 Å². The minimum Gasteiger partial charge on any atom is -0.396 e. The fourth-order valence-corrected chi connectivity index (χ4v) is 2.41. The quantitative estimate of drug-likeness (QED) is 0.849. The Morgan fingerprint density at radius 2 is 2.19 bits per heavy atom. The summed E-state index contributed by atoms with van der Waals surface area (Å²) in [5.74, 6) is 0.485. The second-order valence-corrected chi connectivity index (χ2v) is 5.21. The zero-order chi connectivity index (χ0) is 15.3. The number of thiophene rings is 1. The fraction of sp³-hybridized carbons (Fsp3) is 0.500. The van der Waals surface area contributed by atoms with Crippen LogP contribution in [0.1, 0.15) is 12.2 Å². The molecule has 2 aromatic heterocycles. The summed E-state index contributed by atoms with van der Waals surface area (Å²) in [6, 6.07) is 1.79. The average Bonchev–Trinajstić information content (AvgIpc) is 3.04. The smallest absolute Gasteiger partial charge is 0.396 e. The van der Waals surface area contributed by atoms with Crippen LogP contribution in [0.5, 0.6) is 0 Å². The first-order valence-electron chi connectivity index (χ1n) is 6.23. The van der Waals surface area contributed by atoms with Gasteiger partial charge in [-0.1, -0.05) is 5.16 Å². The van der Waals surface area contributed by atoms with E-state index in [-0.39, 0.29) is 31.9 Å². The van der Waals surface area contributed by atoms with Crippen LogP contribution in [0.15, 0.2) is 21.3 Å². The van der Waals surface area contributed by atoms with Gasteiger partial charge in [0.05, 0.1) is 18.7 Å². The molecule has 0 saturated heterocycles. The topological polar surface area (TPSA) is 62.4 Å². The summed E-state index contributed by atoms with van der Waals surface area (Å²) in [4.78, 5) is 5.23. The lowest BCUT2D eigenvalue weighted by Gasteiger charge is -2.21. The van der Waals surface area contributed by atoms with Crippen molar-refractivity contribution >= 4 is 11.3 Å². The molecule has 0 unspecified atom stereocenters. The maximum atomic E-state index is 12.5. The summed E-state index contributed by atoms with van der Waals surface area (Å²) >= 11 is 1.46. The first kappa shape index (κ1) is 15.9. The van der Waals surface area contributed by atoms with E-state index in [1.807, 2.05) is 10.8 Å². The number of aliphatic hydroxyl groups is 1. The van der Waals surface area contributed by atoms with Gasteiger partial charge in [-0.05, 0) is 17.9 Å². The van der Waals surface area contributed by atoms with E-state index in [1.54, 1.807) is 6.07 Å². The molecular weight excluding hydrogens is 307 g/mol. The van der Waals surface area contributed by atoms with Gasteiger partial charge in [-0.2, -0.15) is 29.5 Å². The van der Waals surface area contributed by atoms with E-state index in [0.717, 1.165) is 10.5 Å². The van der Waals surface area contributed by atoms with Crippen LogP contribution in [-0.4, -0.2) is 46.0 Å². The third-order valence-electron chi connectivity index (χ3n) is 2.64. The van der Waals surface area contributed by atoms with E-state index in [2.05, 4.69) is 10.1 Å². The summed E-state index contributed by atoms with van der Waals surface area (Å²) in [7, 11) is 0. The molecule has 5 nitrogen and oxygen atoms in total. The molecule has 0 aliphatic rings. The Hall–Kier alpha value is -1.45. The first-order chi connectivity index (χ1) is 9.98. The van der Waals surface area contributed by atoms with Crippen molar-refractivity contribution in [2.75, 3.05) is 19.7 Å². The van der Waals surface area contributed by atoms with Gasteiger partial charge in [0.2, 0.25) is 0 Å². The summed E-state index contributed by atoms with van der Waals surface area (Å²) in [5, 5.41) is 16.1. The lowest BCUT2D eigenvalue weighted by Crippen LogP contribution is -2.35. The first-order valence-corrected chi connectivity index (χ1v) is 7.17. The van der Waals surface area contributed by atoms with Crippen LogP contribution in [0.3, 0.4) is 0 Å². The number of aliphatic hydroxyl groups excluding tert-OH is 1. The maximum Gasteiger partial charge on any atom is 0.401 e. The van der Waals surface area contributed by atoms with Crippen LogP contribution in [0, 0.1) is 0 Å². The normalized spacial score (nSPS) is 12.2. The predicted molar refractivity (Wildman–Crippen MR) is 70.6 cm³/mol. The van der Waals surface area contributed by atoms with Crippen molar-refractivity contribution in [3.8, 4) is 11.5 Å². The number of hydrogen-bond acceptors (Lipinski definition) is 6. The van der Waals surface area contributed by atoms with Crippen molar-refractivity contribution in [1.29, 1.82) is 0 Å². The third kappa shape index (κ3) is 5.10. The molecule has 9 heteroatoms. The van der Waals surface area contributed by atoms with Crippen molar-refractivity contribution < 1.29 is 22.8 Å². The molecular formula is C12H14F3N3O2S. The Morgan fingerprint density at radius 3 is 2.81 bits per heavy atom. The van der Waals surface area contributed by atoms with E-state index < -0.39 is 12.7 Å². The molecule has 0 saturated carbocycles. The Morgan fingerprint density at radius 1 is 1.38 bits per heavy atom. The molecule has 0 aliphatic heterocycles. The molecule has 116 valence electrons. The number of rotatable bonds is 7. The Bertz CT molecular complexity index is 542. The average molecular weight is 321 g/mol. The van der Waals surface area contributed by atoms with Crippen molar-refractivity contribution in [3.63, 3.8) is 0 Å². The molecule has 0 aliphatic carbocycles. The highest BCUT2D eigenvalue weighted by molar-refractivity contribution is 7.08. The minimum absolute atomic E-state index is 0.0762. The lowest BCUT2D eigenvalue weighted by molar-refractivity contribution is -0.147. The van der Waals surface area contributed by atoms with Gasteiger partial charge in [-0.3, -0.25) is 4.90 Å². The van der Waals surface area contributed by atoms with Crippen LogP contribution in [0.2, 0.25) is 0 Å². The summed E-state index contributed by atoms with van der Waals surface area (Å²) in [5.41, 5.74) is 0.747. The van der Waals surface area contributed by atoms with Gasteiger partial charge in [0.15, 0.2) is 5.82 Å². The highest BCUT2D eigenvalue weighted by atomic mass is 32.1. The van der Waals surface area contributed by atoms with E-state index in [4.69, 9.17) is 9.63 Å². The van der Waals surface area contributed by atoms with Crippen LogP contribution in [0.4, 0.5) is 13.2 Å². The monoisotopic (exact) mass is 321 g/mol. The largest absolute Gasteiger partial charge is 0.401 e. The zero-order valence-electron chi connectivity index (χ0n) is 11.0. The van der Waals surface area contributed by atoms with Gasteiger partial charge >= 0.3 is 6.18 Å². The summed E-state index contributed by atoms with van der Waals surface area (Å²) in [6.07, 6.45) is -4.05. The summed E-state index contributed by atoms with van der Waals surface area (Å²) < 4.78 is 42.5. The van der Waals surface area contributed by atoms with Crippen molar-refractivity contribution in [3.05, 3.63) is 22.7 Å². The number of halogens is 3. The zero-order valence-corrected chi connectivity index (χ0v) is 11.8. The SMILES string of the molecule is OCCCN(Cc1noc(-c2ccsc2)n1)CC(F)(F)F. The molecule has 0 amide bonds. The number of alkyl halides is 3. The van der Waals surface area contributed by atoms with E-state index >= 15 is 0 Å². The lowest BCUT2D eigenvalue weighted by atomic mass is 10.3. The van der Waals surface area contributed by atoms with Gasteiger partial charge in [-0.25, -0.2) is 0 Å². The molecule has 0 atom stereocenters. The molecule has 2 rings (SSSR count). The van der Waals surface area contributed by atoms with Crippen LogP contribution >= 0.6 is 11.3 Å². The van der Waals surface area contributed by atoms with E-state index in [0.29, 0.717) is 5.89 Å². The van der Waals surface area contributed by atoms with Crippen LogP contribution < -0.4 is 0 Å². The molecule has 21 heavy (non-hydrogen) atoms. The molecule has 0 bridgehead atoms. The molecule has 0 spiro atoms. The maximum absolute atomic E-state index is 12.5. The molecule has 0 radical (unpaired) electrons. The summed E-state index contributed by atoms with van der Waals surface area (Å²) in [6.45, 7) is -1.21. The number of nitrogens with zero attached hydrogens (tertiary/aromatic N) is 3. The Kier molecular flexibility index (Phi) is 5.32. The molecule has 0 aromatic carbocycles. The second kappa shape index (κ2) is 7.01. The Balaban J connectivity index is 2.02. The van der Waals surface area contributed by atoms with Gasteiger partial charge < -0.3 is 9.63 Å². The van der Waals surface area contributed by atoms with Gasteiger partial charge in [-0.15, -0.1) is 0 Å². The number of hydrogen-bond donors (Lipinski definition) is 1. The minimum atomic E-state index is -4.31. The van der Waals surface area contributed by atoms with E-state index in [9.17, 15) is 13.2 Å². The molecule has 2 heterocycles. The van der Waals surface area contributed by atoms with Crippen molar-refractivity contribution in [2.24, 2.45) is 0 Å². The van der Waals surface area contributed by atoms with Gasteiger partial charge in [0.25, 0.3) is 5.89 Å². The second-order valence-electron chi connectivity index (χ2n) is 4.43. The molecule has 2 aromatic rings. The highest BCUT2D eigenvalue weighted by Gasteiger charge is 2.31.